The topological polar surface area (TPSA) is 42.1 Å². The van der Waals surface area contributed by atoms with Gasteiger partial charge in [-0.2, -0.15) is 0 Å². The van der Waals surface area contributed by atoms with Crippen LogP contribution in [0.5, 0.6) is 0 Å². The van der Waals surface area contributed by atoms with Crippen molar-refractivity contribution in [2.75, 3.05) is 0 Å². The summed E-state index contributed by atoms with van der Waals surface area (Å²) in [6, 6.07) is 7.90. The van der Waals surface area contributed by atoms with Gasteiger partial charge >= 0.3 is 5.97 Å². The van der Waals surface area contributed by atoms with Crippen molar-refractivity contribution in [2.24, 2.45) is 0 Å². The van der Waals surface area contributed by atoms with Gasteiger partial charge in [-0.15, -0.1) is 0 Å². The fourth-order valence-corrected chi connectivity index (χ4v) is 1.52. The molecule has 0 aliphatic heterocycles. The zero-order valence-corrected chi connectivity index (χ0v) is 9.12. The first-order valence-electron chi connectivity index (χ1n) is 5.06. The standard InChI is InChI=1S/C13H13NO2/c1-9(2)13(15)16-8-10-7-14-12-6-4-3-5-11(10)12/h3-7,14H,1,8H2,2H3. The minimum atomic E-state index is -0.356. The van der Waals surface area contributed by atoms with E-state index in [0.717, 1.165) is 16.5 Å². The number of H-pyrrole nitrogens is 1. The molecule has 0 atom stereocenters. The molecule has 0 amide bonds. The number of para-hydroxylation sites is 1. The van der Waals surface area contributed by atoms with Crippen molar-refractivity contribution in [1.82, 2.24) is 4.98 Å². The van der Waals surface area contributed by atoms with Gasteiger partial charge in [0.25, 0.3) is 0 Å². The Balaban J connectivity index is 2.16. The normalized spacial score (nSPS) is 10.3. The maximum absolute atomic E-state index is 11.2. The van der Waals surface area contributed by atoms with E-state index in [1.54, 1.807) is 6.92 Å². The number of fused-ring (bicyclic) bond motifs is 1. The maximum atomic E-state index is 11.2. The van der Waals surface area contributed by atoms with Gasteiger partial charge in [0.05, 0.1) is 0 Å². The van der Waals surface area contributed by atoms with Gasteiger partial charge in [-0.3, -0.25) is 0 Å². The number of carbonyl (C=O) groups excluding carboxylic acids is 1. The van der Waals surface area contributed by atoms with E-state index in [9.17, 15) is 4.79 Å². The van der Waals surface area contributed by atoms with Crippen LogP contribution in [0.25, 0.3) is 10.9 Å². The number of aromatic nitrogens is 1. The number of esters is 1. The molecule has 0 aliphatic carbocycles. The second kappa shape index (κ2) is 4.23. The van der Waals surface area contributed by atoms with Crippen molar-refractivity contribution in [3.05, 3.63) is 48.2 Å². The molecular formula is C13H13NO2. The number of hydrogen-bond donors (Lipinski definition) is 1. The molecule has 0 saturated heterocycles. The van der Waals surface area contributed by atoms with Gasteiger partial charge in [0.1, 0.15) is 6.61 Å². The van der Waals surface area contributed by atoms with Crippen molar-refractivity contribution in [3.8, 4) is 0 Å². The highest BCUT2D eigenvalue weighted by Gasteiger charge is 2.07. The molecule has 0 radical (unpaired) electrons. The Labute approximate surface area is 93.7 Å². The van der Waals surface area contributed by atoms with Crippen molar-refractivity contribution in [3.63, 3.8) is 0 Å². The highest BCUT2D eigenvalue weighted by molar-refractivity contribution is 5.87. The molecule has 82 valence electrons. The first-order chi connectivity index (χ1) is 7.68. The minimum Gasteiger partial charge on any atom is -0.457 e. The Morgan fingerprint density at radius 3 is 2.94 bits per heavy atom. The third-order valence-electron chi connectivity index (χ3n) is 2.38. The molecule has 0 unspecified atom stereocenters. The first kappa shape index (κ1) is 10.5. The number of nitrogens with one attached hydrogen (secondary N) is 1. The predicted octanol–water partition coefficient (Wildman–Crippen LogP) is 2.79. The molecule has 0 aliphatic rings. The molecule has 1 aromatic heterocycles. The SMILES string of the molecule is C=C(C)C(=O)OCc1c[nH]c2ccccc12. The third-order valence-corrected chi connectivity index (χ3v) is 2.38. The number of benzene rings is 1. The van der Waals surface area contributed by atoms with Crippen LogP contribution in [0.15, 0.2) is 42.6 Å². The molecule has 3 heteroatoms. The van der Waals surface area contributed by atoms with Crippen molar-refractivity contribution < 1.29 is 9.53 Å². The second-order valence-corrected chi connectivity index (χ2v) is 3.72. The van der Waals surface area contributed by atoms with Crippen molar-refractivity contribution in [1.29, 1.82) is 0 Å². The van der Waals surface area contributed by atoms with Crippen molar-refractivity contribution in [2.45, 2.75) is 13.5 Å². The highest BCUT2D eigenvalue weighted by atomic mass is 16.5. The Bertz CT molecular complexity index is 540. The first-order valence-corrected chi connectivity index (χ1v) is 5.06. The molecule has 0 bridgehead atoms. The van der Waals surface area contributed by atoms with Gasteiger partial charge in [-0.25, -0.2) is 4.79 Å². The predicted molar refractivity (Wildman–Crippen MR) is 62.9 cm³/mol. The summed E-state index contributed by atoms with van der Waals surface area (Å²) < 4.78 is 5.10. The van der Waals surface area contributed by atoms with Gasteiger partial charge in [-0.1, -0.05) is 24.8 Å². The number of rotatable bonds is 3. The number of carbonyl (C=O) groups is 1. The zero-order valence-electron chi connectivity index (χ0n) is 9.12. The van der Waals surface area contributed by atoms with Crippen LogP contribution in [0, 0.1) is 0 Å². The second-order valence-electron chi connectivity index (χ2n) is 3.72. The van der Waals surface area contributed by atoms with Gasteiger partial charge in [0.2, 0.25) is 0 Å². The molecule has 1 N–H and O–H groups in total. The van der Waals surface area contributed by atoms with Crippen LogP contribution in [0.1, 0.15) is 12.5 Å². The van der Waals surface area contributed by atoms with Crippen LogP contribution in [0.4, 0.5) is 0 Å². The highest BCUT2D eigenvalue weighted by Crippen LogP contribution is 2.18. The molecule has 0 spiro atoms. The zero-order chi connectivity index (χ0) is 11.5. The lowest BCUT2D eigenvalue weighted by Gasteiger charge is -2.02. The van der Waals surface area contributed by atoms with Gasteiger partial charge < -0.3 is 9.72 Å². The lowest BCUT2D eigenvalue weighted by Crippen LogP contribution is -2.04. The smallest absolute Gasteiger partial charge is 0.333 e. The monoisotopic (exact) mass is 215 g/mol. The number of ether oxygens (including phenoxy) is 1. The largest absolute Gasteiger partial charge is 0.457 e. The van der Waals surface area contributed by atoms with Crippen LogP contribution in [0.2, 0.25) is 0 Å². The third kappa shape index (κ3) is 1.98. The molecule has 1 aromatic carbocycles. The lowest BCUT2D eigenvalue weighted by molar-refractivity contribution is -0.140. The summed E-state index contributed by atoms with van der Waals surface area (Å²) in [5, 5.41) is 1.08. The van der Waals surface area contributed by atoms with E-state index < -0.39 is 0 Å². The molecular weight excluding hydrogens is 202 g/mol. The van der Waals surface area contributed by atoms with Crippen LogP contribution in [0.3, 0.4) is 0 Å². The van der Waals surface area contributed by atoms with Crippen LogP contribution in [-0.2, 0) is 16.1 Å². The number of hydrogen-bond acceptors (Lipinski definition) is 2. The van der Waals surface area contributed by atoms with Crippen LogP contribution >= 0.6 is 0 Å². The summed E-state index contributed by atoms with van der Waals surface area (Å²) in [7, 11) is 0. The Kier molecular flexibility index (Phi) is 2.77. The summed E-state index contributed by atoms with van der Waals surface area (Å²) in [4.78, 5) is 14.4. The van der Waals surface area contributed by atoms with Crippen LogP contribution < -0.4 is 0 Å². The Morgan fingerprint density at radius 2 is 2.19 bits per heavy atom. The molecule has 2 rings (SSSR count). The summed E-state index contributed by atoms with van der Waals surface area (Å²) in [5.74, 6) is -0.356. The number of aromatic amines is 1. The van der Waals surface area contributed by atoms with E-state index in [0.29, 0.717) is 5.57 Å². The fraction of sp³-hybridized carbons (Fsp3) is 0.154. The van der Waals surface area contributed by atoms with E-state index in [2.05, 4.69) is 11.6 Å². The summed E-state index contributed by atoms with van der Waals surface area (Å²) in [6.07, 6.45) is 1.86. The molecule has 3 nitrogen and oxygen atoms in total. The molecule has 2 aromatic rings. The van der Waals surface area contributed by atoms with Gasteiger partial charge in [0, 0.05) is 28.2 Å². The molecule has 16 heavy (non-hydrogen) atoms. The maximum Gasteiger partial charge on any atom is 0.333 e. The van der Waals surface area contributed by atoms with E-state index >= 15 is 0 Å². The summed E-state index contributed by atoms with van der Waals surface area (Å²) in [5.41, 5.74) is 2.44. The summed E-state index contributed by atoms with van der Waals surface area (Å²) >= 11 is 0. The van der Waals surface area contributed by atoms with Crippen LogP contribution in [-0.4, -0.2) is 11.0 Å². The van der Waals surface area contributed by atoms with Crippen molar-refractivity contribution >= 4 is 16.9 Å². The molecule has 1 heterocycles. The quantitative estimate of drug-likeness (QED) is 0.632. The molecule has 0 saturated carbocycles. The average Bonchev–Trinajstić information content (AvgIpc) is 2.69. The van der Waals surface area contributed by atoms with E-state index in [-0.39, 0.29) is 12.6 Å². The van der Waals surface area contributed by atoms with Gasteiger partial charge in [-0.05, 0) is 13.0 Å². The fourth-order valence-electron chi connectivity index (χ4n) is 1.52. The minimum absolute atomic E-state index is 0.274. The Morgan fingerprint density at radius 1 is 1.44 bits per heavy atom. The van der Waals surface area contributed by atoms with E-state index in [1.807, 2.05) is 30.5 Å². The Hall–Kier alpha value is -2.03. The van der Waals surface area contributed by atoms with E-state index in [4.69, 9.17) is 4.74 Å². The van der Waals surface area contributed by atoms with E-state index in [1.165, 1.54) is 0 Å². The summed E-state index contributed by atoms with van der Waals surface area (Å²) in [6.45, 7) is 5.44. The lowest BCUT2D eigenvalue weighted by atomic mass is 10.2. The van der Waals surface area contributed by atoms with Gasteiger partial charge in [0.15, 0.2) is 0 Å². The molecule has 0 fully saturated rings. The average molecular weight is 215 g/mol.